The van der Waals surface area contributed by atoms with Gasteiger partial charge in [-0.25, -0.2) is 0 Å². The Bertz CT molecular complexity index is 467. The van der Waals surface area contributed by atoms with Crippen molar-refractivity contribution in [1.82, 2.24) is 0 Å². The van der Waals surface area contributed by atoms with Crippen LogP contribution in [0.4, 0.5) is 0 Å². The van der Waals surface area contributed by atoms with Crippen molar-refractivity contribution in [1.29, 1.82) is 5.26 Å². The Morgan fingerprint density at radius 2 is 2.00 bits per heavy atom. The van der Waals surface area contributed by atoms with Gasteiger partial charge in [-0.1, -0.05) is 13.0 Å². The third-order valence-electron chi connectivity index (χ3n) is 2.64. The van der Waals surface area contributed by atoms with Crippen LogP contribution in [-0.2, 0) is 0 Å². The molecule has 0 aliphatic heterocycles. The van der Waals surface area contributed by atoms with Crippen LogP contribution in [0.3, 0.4) is 0 Å². The number of nitrogens with zero attached hydrogens (tertiary/aromatic N) is 1. The highest BCUT2D eigenvalue weighted by Gasteiger charge is 2.08. The van der Waals surface area contributed by atoms with Crippen LogP contribution in [0.1, 0.15) is 37.0 Å². The first-order valence-corrected chi connectivity index (χ1v) is 5.98. The average molecular weight is 229 g/mol. The molecule has 1 aromatic carbocycles. The first-order chi connectivity index (χ1) is 8.13. The van der Waals surface area contributed by atoms with Crippen LogP contribution < -0.4 is 4.74 Å². The average Bonchev–Trinajstić information content (AvgIpc) is 2.31. The summed E-state index contributed by atoms with van der Waals surface area (Å²) in [6.07, 6.45) is 2.83. The van der Waals surface area contributed by atoms with Gasteiger partial charge in [0.05, 0.1) is 18.2 Å². The Morgan fingerprint density at radius 3 is 2.53 bits per heavy atom. The Kier molecular flexibility index (Phi) is 4.78. The van der Waals surface area contributed by atoms with E-state index in [1.54, 1.807) is 0 Å². The number of rotatable bonds is 4. The molecule has 0 unspecified atom stereocenters. The van der Waals surface area contributed by atoms with E-state index in [9.17, 15) is 0 Å². The van der Waals surface area contributed by atoms with Crippen LogP contribution in [-0.4, -0.2) is 6.61 Å². The van der Waals surface area contributed by atoms with Crippen LogP contribution in [0.25, 0.3) is 5.57 Å². The smallest absolute Gasteiger partial charge is 0.122 e. The van der Waals surface area contributed by atoms with E-state index in [0.717, 1.165) is 34.4 Å². The zero-order chi connectivity index (χ0) is 12.8. The predicted molar refractivity (Wildman–Crippen MR) is 71.0 cm³/mol. The largest absolute Gasteiger partial charge is 0.494 e. The SMILES string of the molecule is CC/C=C(\C#N)c1cc(C)c(OCC)cc1C. The molecule has 0 aliphatic rings. The number of nitriles is 1. The lowest BCUT2D eigenvalue weighted by Gasteiger charge is -2.12. The fraction of sp³-hybridized carbons (Fsp3) is 0.400. The molecule has 0 heterocycles. The molecule has 1 aromatic rings. The summed E-state index contributed by atoms with van der Waals surface area (Å²) in [5, 5.41) is 9.15. The molecule has 2 nitrogen and oxygen atoms in total. The second-order valence-corrected chi connectivity index (χ2v) is 4.00. The highest BCUT2D eigenvalue weighted by atomic mass is 16.5. The van der Waals surface area contributed by atoms with Crippen molar-refractivity contribution in [2.75, 3.05) is 6.61 Å². The van der Waals surface area contributed by atoms with E-state index in [-0.39, 0.29) is 0 Å². The number of hydrogen-bond acceptors (Lipinski definition) is 2. The third kappa shape index (κ3) is 3.10. The van der Waals surface area contributed by atoms with Crippen molar-refractivity contribution in [3.63, 3.8) is 0 Å². The summed E-state index contributed by atoms with van der Waals surface area (Å²) in [7, 11) is 0. The maximum atomic E-state index is 9.15. The molecule has 0 atom stereocenters. The summed E-state index contributed by atoms with van der Waals surface area (Å²) in [4.78, 5) is 0. The van der Waals surface area contributed by atoms with E-state index in [4.69, 9.17) is 10.00 Å². The van der Waals surface area contributed by atoms with E-state index >= 15 is 0 Å². The van der Waals surface area contributed by atoms with Crippen molar-refractivity contribution >= 4 is 5.57 Å². The first kappa shape index (κ1) is 13.3. The number of hydrogen-bond donors (Lipinski definition) is 0. The zero-order valence-electron chi connectivity index (χ0n) is 11.0. The van der Waals surface area contributed by atoms with Crippen LogP contribution in [0.15, 0.2) is 18.2 Å². The minimum atomic E-state index is 0.662. The topological polar surface area (TPSA) is 33.0 Å². The predicted octanol–water partition coefficient (Wildman–Crippen LogP) is 4.02. The van der Waals surface area contributed by atoms with Gasteiger partial charge in [-0.15, -0.1) is 0 Å². The van der Waals surface area contributed by atoms with E-state index in [0.29, 0.717) is 6.61 Å². The molecule has 0 saturated heterocycles. The van der Waals surface area contributed by atoms with Gasteiger partial charge < -0.3 is 4.74 Å². The van der Waals surface area contributed by atoms with Crippen LogP contribution >= 0.6 is 0 Å². The highest BCUT2D eigenvalue weighted by molar-refractivity contribution is 5.79. The van der Waals surface area contributed by atoms with Gasteiger partial charge in [0.15, 0.2) is 0 Å². The number of allylic oxidation sites excluding steroid dienone is 2. The van der Waals surface area contributed by atoms with E-state index in [1.165, 1.54) is 0 Å². The number of ether oxygens (including phenoxy) is 1. The van der Waals surface area contributed by atoms with E-state index in [2.05, 4.69) is 6.07 Å². The maximum Gasteiger partial charge on any atom is 0.122 e. The monoisotopic (exact) mass is 229 g/mol. The molecule has 0 aromatic heterocycles. The van der Waals surface area contributed by atoms with Crippen molar-refractivity contribution in [3.05, 3.63) is 34.9 Å². The highest BCUT2D eigenvalue weighted by Crippen LogP contribution is 2.27. The second-order valence-electron chi connectivity index (χ2n) is 4.00. The quantitative estimate of drug-likeness (QED) is 0.730. The van der Waals surface area contributed by atoms with Crippen molar-refractivity contribution in [2.45, 2.75) is 34.1 Å². The summed E-state index contributed by atoms with van der Waals surface area (Å²) in [6, 6.07) is 6.30. The van der Waals surface area contributed by atoms with Gasteiger partial charge >= 0.3 is 0 Å². The molecule has 1 rings (SSSR count). The summed E-state index contributed by atoms with van der Waals surface area (Å²) in [6.45, 7) is 8.69. The molecule has 0 amide bonds. The molecule has 0 aliphatic carbocycles. The molecular formula is C15H19NO. The van der Waals surface area contributed by atoms with Gasteiger partial charge in [0.25, 0.3) is 0 Å². The van der Waals surface area contributed by atoms with Crippen LogP contribution in [0.5, 0.6) is 5.75 Å². The molecular weight excluding hydrogens is 210 g/mol. The Balaban J connectivity index is 3.24. The molecule has 0 fully saturated rings. The summed E-state index contributed by atoms with van der Waals surface area (Å²) in [5.74, 6) is 0.905. The van der Waals surface area contributed by atoms with E-state index in [1.807, 2.05) is 45.9 Å². The molecule has 0 radical (unpaired) electrons. The van der Waals surface area contributed by atoms with Gasteiger partial charge in [0, 0.05) is 0 Å². The normalized spacial score (nSPS) is 11.1. The standard InChI is InChI=1S/C15H19NO/c1-5-7-13(10-16)14-8-12(4)15(17-6-2)9-11(14)3/h7-9H,5-6H2,1-4H3/b13-7+. The lowest BCUT2D eigenvalue weighted by molar-refractivity contribution is 0.337. The fourth-order valence-corrected chi connectivity index (χ4v) is 1.81. The molecule has 0 saturated carbocycles. The molecule has 2 heteroatoms. The van der Waals surface area contributed by atoms with E-state index < -0.39 is 0 Å². The second kappa shape index (κ2) is 6.10. The summed E-state index contributed by atoms with van der Waals surface area (Å²) in [5.41, 5.74) is 3.91. The molecule has 17 heavy (non-hydrogen) atoms. The van der Waals surface area contributed by atoms with Crippen molar-refractivity contribution in [3.8, 4) is 11.8 Å². The zero-order valence-corrected chi connectivity index (χ0v) is 11.0. The molecule has 0 N–H and O–H groups in total. The lowest BCUT2D eigenvalue weighted by Crippen LogP contribution is -1.97. The number of benzene rings is 1. The number of aryl methyl sites for hydroxylation is 2. The van der Waals surface area contributed by atoms with Gasteiger partial charge in [-0.05, 0) is 56.0 Å². The molecule has 90 valence electrons. The lowest BCUT2D eigenvalue weighted by atomic mass is 9.98. The molecule has 0 spiro atoms. The minimum Gasteiger partial charge on any atom is -0.494 e. The van der Waals surface area contributed by atoms with Gasteiger partial charge in [0.2, 0.25) is 0 Å². The fourth-order valence-electron chi connectivity index (χ4n) is 1.81. The maximum absolute atomic E-state index is 9.15. The van der Waals surface area contributed by atoms with Gasteiger partial charge in [-0.3, -0.25) is 0 Å². The van der Waals surface area contributed by atoms with Crippen molar-refractivity contribution in [2.24, 2.45) is 0 Å². The van der Waals surface area contributed by atoms with Crippen molar-refractivity contribution < 1.29 is 4.74 Å². The Labute approximate surface area is 104 Å². The molecule has 0 bridgehead atoms. The third-order valence-corrected chi connectivity index (χ3v) is 2.64. The van der Waals surface area contributed by atoms with Gasteiger partial charge in [-0.2, -0.15) is 5.26 Å². The van der Waals surface area contributed by atoms with Crippen LogP contribution in [0.2, 0.25) is 0 Å². The minimum absolute atomic E-state index is 0.662. The summed E-state index contributed by atoms with van der Waals surface area (Å²) >= 11 is 0. The summed E-state index contributed by atoms with van der Waals surface area (Å²) < 4.78 is 5.54. The van der Waals surface area contributed by atoms with Gasteiger partial charge in [0.1, 0.15) is 5.75 Å². The Hall–Kier alpha value is -1.75. The van der Waals surface area contributed by atoms with Crippen LogP contribution in [0, 0.1) is 25.2 Å². The first-order valence-electron chi connectivity index (χ1n) is 5.98. The Morgan fingerprint density at radius 1 is 1.29 bits per heavy atom.